The monoisotopic (exact) mass is 222 g/mol. The molecule has 0 fully saturated rings. The maximum absolute atomic E-state index is 10.8. The molecular formula is C12H18N2O2. The van der Waals surface area contributed by atoms with Gasteiger partial charge in [0, 0.05) is 12.1 Å². The van der Waals surface area contributed by atoms with Crippen molar-refractivity contribution < 1.29 is 4.92 Å². The van der Waals surface area contributed by atoms with E-state index in [1.807, 2.05) is 19.9 Å². The maximum Gasteiger partial charge on any atom is 0.292 e. The lowest BCUT2D eigenvalue weighted by molar-refractivity contribution is -0.384. The van der Waals surface area contributed by atoms with Crippen LogP contribution in [0.5, 0.6) is 0 Å². The molecule has 0 spiro atoms. The molecule has 0 amide bonds. The molecule has 0 bridgehead atoms. The fourth-order valence-corrected chi connectivity index (χ4v) is 1.34. The summed E-state index contributed by atoms with van der Waals surface area (Å²) in [7, 11) is 0. The lowest BCUT2D eigenvalue weighted by Gasteiger charge is -2.18. The van der Waals surface area contributed by atoms with Crippen LogP contribution in [0, 0.1) is 23.0 Å². The van der Waals surface area contributed by atoms with E-state index in [9.17, 15) is 10.1 Å². The third kappa shape index (κ3) is 2.95. The van der Waals surface area contributed by atoms with Crippen LogP contribution in [0.3, 0.4) is 0 Å². The van der Waals surface area contributed by atoms with Crippen molar-refractivity contribution in [3.8, 4) is 0 Å². The average molecular weight is 222 g/mol. The van der Waals surface area contributed by atoms with E-state index in [4.69, 9.17) is 0 Å². The number of anilines is 1. The molecule has 4 nitrogen and oxygen atoms in total. The number of nitro benzene ring substituents is 1. The smallest absolute Gasteiger partial charge is 0.292 e. The number of hydrogen-bond acceptors (Lipinski definition) is 3. The summed E-state index contributed by atoms with van der Waals surface area (Å²) in [5, 5.41) is 14.0. The van der Waals surface area contributed by atoms with Gasteiger partial charge in [-0.2, -0.15) is 0 Å². The van der Waals surface area contributed by atoms with Gasteiger partial charge in [0.25, 0.3) is 5.69 Å². The predicted molar refractivity (Wildman–Crippen MR) is 65.8 cm³/mol. The van der Waals surface area contributed by atoms with Crippen LogP contribution in [-0.4, -0.2) is 11.0 Å². The van der Waals surface area contributed by atoms with Crippen molar-refractivity contribution in [1.29, 1.82) is 0 Å². The Morgan fingerprint density at radius 1 is 1.31 bits per heavy atom. The van der Waals surface area contributed by atoms with E-state index >= 15 is 0 Å². The Morgan fingerprint density at radius 3 is 2.44 bits per heavy atom. The second-order valence-corrected chi connectivity index (χ2v) is 4.45. The summed E-state index contributed by atoms with van der Waals surface area (Å²) in [6.45, 7) is 8.12. The van der Waals surface area contributed by atoms with Crippen molar-refractivity contribution in [2.24, 2.45) is 5.92 Å². The van der Waals surface area contributed by atoms with Crippen LogP contribution < -0.4 is 5.32 Å². The molecule has 4 heteroatoms. The Hall–Kier alpha value is -1.58. The van der Waals surface area contributed by atoms with Crippen molar-refractivity contribution >= 4 is 11.4 Å². The second kappa shape index (κ2) is 4.96. The topological polar surface area (TPSA) is 55.2 Å². The summed E-state index contributed by atoms with van der Waals surface area (Å²) in [4.78, 5) is 10.5. The minimum atomic E-state index is -0.352. The second-order valence-electron chi connectivity index (χ2n) is 4.45. The molecule has 1 aromatic carbocycles. The minimum absolute atomic E-state index is 0.137. The molecule has 88 valence electrons. The Bertz CT molecular complexity index is 389. The SMILES string of the molecule is Cc1ccc([N+](=O)[O-])c(NC(C)C(C)C)c1. The van der Waals surface area contributed by atoms with Crippen LogP contribution in [0.2, 0.25) is 0 Å². The Balaban J connectivity index is 3.01. The lowest BCUT2D eigenvalue weighted by atomic mass is 10.1. The van der Waals surface area contributed by atoms with Crippen LogP contribution in [-0.2, 0) is 0 Å². The standard InChI is InChI=1S/C12H18N2O2/c1-8(2)10(4)13-11-7-9(3)5-6-12(11)14(15)16/h5-8,10,13H,1-4H3. The molecule has 0 radical (unpaired) electrons. The molecule has 1 atom stereocenters. The molecule has 1 unspecified atom stereocenters. The maximum atomic E-state index is 10.8. The molecule has 1 rings (SSSR count). The van der Waals surface area contributed by atoms with Gasteiger partial charge in [0.1, 0.15) is 5.69 Å². The van der Waals surface area contributed by atoms with Gasteiger partial charge >= 0.3 is 0 Å². The lowest BCUT2D eigenvalue weighted by Crippen LogP contribution is -2.22. The molecule has 0 aliphatic carbocycles. The fraction of sp³-hybridized carbons (Fsp3) is 0.500. The molecule has 0 aromatic heterocycles. The number of nitrogens with zero attached hydrogens (tertiary/aromatic N) is 1. The Kier molecular flexibility index (Phi) is 3.88. The molecule has 1 aromatic rings. The van der Waals surface area contributed by atoms with Crippen molar-refractivity contribution in [3.05, 3.63) is 33.9 Å². The molecule has 0 saturated heterocycles. The summed E-state index contributed by atoms with van der Waals surface area (Å²) in [5.41, 5.74) is 1.76. The quantitative estimate of drug-likeness (QED) is 0.627. The highest BCUT2D eigenvalue weighted by Crippen LogP contribution is 2.26. The molecular weight excluding hydrogens is 204 g/mol. The number of nitro groups is 1. The van der Waals surface area contributed by atoms with E-state index in [0.29, 0.717) is 11.6 Å². The minimum Gasteiger partial charge on any atom is -0.377 e. The van der Waals surface area contributed by atoms with Gasteiger partial charge in [0.2, 0.25) is 0 Å². The first kappa shape index (κ1) is 12.5. The van der Waals surface area contributed by atoms with Crippen LogP contribution in [0.4, 0.5) is 11.4 Å². The number of rotatable bonds is 4. The molecule has 0 heterocycles. The summed E-state index contributed by atoms with van der Waals surface area (Å²) < 4.78 is 0. The van der Waals surface area contributed by atoms with E-state index in [1.165, 1.54) is 0 Å². The van der Waals surface area contributed by atoms with E-state index in [1.54, 1.807) is 12.1 Å². The molecule has 16 heavy (non-hydrogen) atoms. The molecule has 0 aliphatic heterocycles. The van der Waals surface area contributed by atoms with E-state index in [0.717, 1.165) is 5.56 Å². The van der Waals surface area contributed by atoms with Crippen molar-refractivity contribution in [1.82, 2.24) is 0 Å². The van der Waals surface area contributed by atoms with Crippen molar-refractivity contribution in [3.63, 3.8) is 0 Å². The van der Waals surface area contributed by atoms with Gasteiger partial charge in [-0.15, -0.1) is 0 Å². The van der Waals surface area contributed by atoms with Gasteiger partial charge in [-0.05, 0) is 31.4 Å². The Morgan fingerprint density at radius 2 is 1.94 bits per heavy atom. The van der Waals surface area contributed by atoms with Crippen LogP contribution in [0.1, 0.15) is 26.3 Å². The fourth-order valence-electron chi connectivity index (χ4n) is 1.34. The van der Waals surface area contributed by atoms with Crippen molar-refractivity contribution in [2.45, 2.75) is 33.7 Å². The van der Waals surface area contributed by atoms with Gasteiger partial charge < -0.3 is 5.32 Å². The number of aryl methyl sites for hydroxylation is 1. The number of nitrogens with one attached hydrogen (secondary N) is 1. The third-order valence-corrected chi connectivity index (χ3v) is 2.73. The van der Waals surface area contributed by atoms with Gasteiger partial charge in [-0.3, -0.25) is 10.1 Å². The van der Waals surface area contributed by atoms with Gasteiger partial charge in [-0.25, -0.2) is 0 Å². The zero-order valence-electron chi connectivity index (χ0n) is 10.2. The summed E-state index contributed by atoms with van der Waals surface area (Å²) in [6.07, 6.45) is 0. The van der Waals surface area contributed by atoms with E-state index in [-0.39, 0.29) is 16.7 Å². The predicted octanol–water partition coefficient (Wildman–Crippen LogP) is 3.36. The Labute approximate surface area is 95.8 Å². The van der Waals surface area contributed by atoms with Crippen LogP contribution in [0.25, 0.3) is 0 Å². The average Bonchev–Trinajstić information content (AvgIpc) is 2.16. The number of hydrogen-bond donors (Lipinski definition) is 1. The van der Waals surface area contributed by atoms with Crippen LogP contribution >= 0.6 is 0 Å². The van der Waals surface area contributed by atoms with E-state index < -0.39 is 0 Å². The third-order valence-electron chi connectivity index (χ3n) is 2.73. The summed E-state index contributed by atoms with van der Waals surface area (Å²) >= 11 is 0. The summed E-state index contributed by atoms with van der Waals surface area (Å²) in [5.74, 6) is 0.431. The van der Waals surface area contributed by atoms with E-state index in [2.05, 4.69) is 19.2 Å². The first-order chi connectivity index (χ1) is 7.41. The van der Waals surface area contributed by atoms with Gasteiger partial charge in [0.05, 0.1) is 4.92 Å². The van der Waals surface area contributed by atoms with Gasteiger partial charge in [0.15, 0.2) is 0 Å². The highest BCUT2D eigenvalue weighted by atomic mass is 16.6. The molecule has 1 N–H and O–H groups in total. The first-order valence-corrected chi connectivity index (χ1v) is 5.43. The molecule has 0 saturated carbocycles. The van der Waals surface area contributed by atoms with Gasteiger partial charge in [-0.1, -0.05) is 19.9 Å². The zero-order chi connectivity index (χ0) is 12.3. The van der Waals surface area contributed by atoms with Crippen LogP contribution in [0.15, 0.2) is 18.2 Å². The highest BCUT2D eigenvalue weighted by molar-refractivity contribution is 5.63. The molecule has 0 aliphatic rings. The summed E-state index contributed by atoms with van der Waals surface area (Å²) in [6, 6.07) is 5.32. The number of benzene rings is 1. The zero-order valence-corrected chi connectivity index (χ0v) is 10.2. The first-order valence-electron chi connectivity index (χ1n) is 5.43. The highest BCUT2D eigenvalue weighted by Gasteiger charge is 2.16. The van der Waals surface area contributed by atoms with Crippen molar-refractivity contribution in [2.75, 3.05) is 5.32 Å². The normalized spacial score (nSPS) is 12.6. The largest absolute Gasteiger partial charge is 0.377 e.